The van der Waals surface area contributed by atoms with Gasteiger partial charge in [-0.25, -0.2) is 0 Å². The van der Waals surface area contributed by atoms with Crippen LogP contribution >= 0.6 is 21.6 Å². The Bertz CT molecular complexity index is 949. The van der Waals surface area contributed by atoms with E-state index >= 15 is 0 Å². The van der Waals surface area contributed by atoms with Crippen LogP contribution in [0.2, 0.25) is 0 Å². The van der Waals surface area contributed by atoms with Crippen LogP contribution in [0.5, 0.6) is 11.5 Å². The van der Waals surface area contributed by atoms with Crippen molar-refractivity contribution in [2.45, 2.75) is 36.1 Å². The van der Waals surface area contributed by atoms with Gasteiger partial charge in [0.15, 0.2) is 21.2 Å². The first-order chi connectivity index (χ1) is 12.8. The molecule has 2 bridgehead atoms. The van der Waals surface area contributed by atoms with Crippen LogP contribution in [0.3, 0.4) is 0 Å². The molecule has 0 radical (unpaired) electrons. The maximum absolute atomic E-state index is 13.5. The topological polar surface area (TPSA) is 82.9 Å². The van der Waals surface area contributed by atoms with Crippen LogP contribution in [0.4, 0.5) is 0 Å². The summed E-state index contributed by atoms with van der Waals surface area (Å²) in [5, 5.41) is 10.0. The van der Waals surface area contributed by atoms with Crippen molar-refractivity contribution in [3.8, 4) is 17.6 Å². The largest absolute Gasteiger partial charge is 0.454 e. The van der Waals surface area contributed by atoms with E-state index in [1.165, 1.54) is 26.5 Å². The van der Waals surface area contributed by atoms with E-state index in [-0.39, 0.29) is 25.0 Å². The van der Waals surface area contributed by atoms with Gasteiger partial charge in [0.05, 0.1) is 17.5 Å². The van der Waals surface area contributed by atoms with Gasteiger partial charge in [0, 0.05) is 13.5 Å². The first kappa shape index (κ1) is 17.1. The van der Waals surface area contributed by atoms with Crippen LogP contribution in [-0.2, 0) is 9.59 Å². The van der Waals surface area contributed by atoms with Gasteiger partial charge in [-0.2, -0.15) is 5.26 Å². The van der Waals surface area contributed by atoms with Crippen LogP contribution in [-0.4, -0.2) is 45.2 Å². The van der Waals surface area contributed by atoms with Crippen LogP contribution < -0.4 is 9.47 Å². The fourth-order valence-corrected chi connectivity index (χ4v) is 8.08. The molecule has 2 unspecified atom stereocenters. The number of rotatable bonds is 1. The van der Waals surface area contributed by atoms with E-state index in [2.05, 4.69) is 6.07 Å². The Labute approximate surface area is 164 Å². The lowest BCUT2D eigenvalue weighted by Crippen LogP contribution is -2.73. The fourth-order valence-electron chi connectivity index (χ4n) is 4.50. The number of carbonyl (C=O) groups excluding carboxylic acids is 2. The molecule has 5 heterocycles. The van der Waals surface area contributed by atoms with E-state index in [0.29, 0.717) is 11.5 Å². The zero-order valence-corrected chi connectivity index (χ0v) is 16.6. The van der Waals surface area contributed by atoms with Gasteiger partial charge in [-0.3, -0.25) is 9.59 Å². The zero-order valence-electron chi connectivity index (χ0n) is 15.0. The Morgan fingerprint density at radius 1 is 1.19 bits per heavy atom. The first-order valence-electron chi connectivity index (χ1n) is 8.56. The van der Waals surface area contributed by atoms with Crippen molar-refractivity contribution in [1.29, 1.82) is 5.26 Å². The number of carbonyl (C=O) groups is 2. The smallest absolute Gasteiger partial charge is 0.261 e. The van der Waals surface area contributed by atoms with Crippen molar-refractivity contribution < 1.29 is 19.1 Å². The molecule has 5 aliphatic rings. The summed E-state index contributed by atoms with van der Waals surface area (Å²) in [4.78, 5) is 27.9. The third-order valence-corrected chi connectivity index (χ3v) is 9.76. The minimum atomic E-state index is -1.06. The van der Waals surface area contributed by atoms with Crippen molar-refractivity contribution in [1.82, 2.24) is 9.80 Å². The second kappa shape index (κ2) is 5.06. The quantitative estimate of drug-likeness (QED) is 0.666. The highest BCUT2D eigenvalue weighted by atomic mass is 33.1. The molecule has 0 aliphatic carbocycles. The summed E-state index contributed by atoms with van der Waals surface area (Å²) in [6.07, 6.45) is 0.290. The van der Waals surface area contributed by atoms with Crippen molar-refractivity contribution in [3.05, 3.63) is 23.8 Å². The fraction of sp³-hybridized carbons (Fsp3) is 0.500. The summed E-state index contributed by atoms with van der Waals surface area (Å²) in [5.41, 5.74) is -0.117. The second-order valence-corrected chi connectivity index (χ2v) is 10.5. The van der Waals surface area contributed by atoms with Gasteiger partial charge in [0.2, 0.25) is 6.79 Å². The average Bonchev–Trinajstić information content (AvgIpc) is 3.23. The summed E-state index contributed by atoms with van der Waals surface area (Å²) >= 11 is 0. The van der Waals surface area contributed by atoms with Crippen molar-refractivity contribution in [2.24, 2.45) is 5.41 Å². The molecule has 0 N–H and O–H groups in total. The summed E-state index contributed by atoms with van der Waals surface area (Å²) in [6.45, 7) is 3.75. The maximum atomic E-state index is 13.5. The van der Waals surface area contributed by atoms with Crippen LogP contribution in [0, 0.1) is 16.7 Å². The minimum absolute atomic E-state index is 0.113. The molecule has 9 heteroatoms. The average molecular weight is 403 g/mol. The minimum Gasteiger partial charge on any atom is -0.454 e. The SMILES string of the molecule is CN1C(=O)[C@@]23C[C@](C)(C#N)C(c4ccc5c(c4)OCO5)N2C(=O)C1(C)SS3. The predicted octanol–water partition coefficient (Wildman–Crippen LogP) is 2.50. The Hall–Kier alpha value is -2.05. The van der Waals surface area contributed by atoms with Crippen molar-refractivity contribution in [3.63, 3.8) is 0 Å². The molecule has 27 heavy (non-hydrogen) atoms. The summed E-state index contributed by atoms with van der Waals surface area (Å²) < 4.78 is 10.9. The lowest BCUT2D eigenvalue weighted by Gasteiger charge is -2.57. The highest BCUT2D eigenvalue weighted by Gasteiger charge is 2.74. The van der Waals surface area contributed by atoms with Crippen LogP contribution in [0.1, 0.15) is 31.9 Å². The molecule has 1 spiro atoms. The van der Waals surface area contributed by atoms with E-state index < -0.39 is 21.2 Å². The van der Waals surface area contributed by atoms with E-state index in [0.717, 1.165) is 5.56 Å². The van der Waals surface area contributed by atoms with Crippen LogP contribution in [0.25, 0.3) is 0 Å². The molecule has 6 rings (SSSR count). The van der Waals surface area contributed by atoms with Crippen LogP contribution in [0.15, 0.2) is 18.2 Å². The number of amides is 2. The lowest BCUT2D eigenvalue weighted by molar-refractivity contribution is -0.164. The molecule has 0 aromatic heterocycles. The molecule has 140 valence electrons. The zero-order chi connectivity index (χ0) is 19.2. The van der Waals surface area contributed by atoms with E-state index in [1.807, 2.05) is 19.1 Å². The standard InChI is InChI=1S/C18H17N3O4S2/c1-16(8-19)7-18-15(23)20(3)17(2,26-27-18)14(22)21(18)13(16)10-4-5-11-12(6-10)25-9-24-11/h4-6,13H,7,9H2,1-3H3/t13?,16-,17?,18+/m1/s1. The third kappa shape index (κ3) is 1.85. The molecule has 0 saturated carbocycles. The number of hydrogen-bond acceptors (Lipinski definition) is 7. The number of likely N-dealkylation sites (N-methyl/N-ethyl adjacent to an activating group) is 1. The second-order valence-electron chi connectivity index (χ2n) is 7.69. The van der Waals surface area contributed by atoms with Gasteiger partial charge in [-0.05, 0) is 31.5 Å². The Morgan fingerprint density at radius 2 is 1.93 bits per heavy atom. The monoisotopic (exact) mass is 403 g/mol. The van der Waals surface area contributed by atoms with Gasteiger partial charge in [0.25, 0.3) is 11.8 Å². The molecule has 4 atom stereocenters. The molecule has 1 aromatic rings. The van der Waals surface area contributed by atoms with E-state index in [1.54, 1.807) is 24.9 Å². The van der Waals surface area contributed by atoms with Gasteiger partial charge in [0.1, 0.15) is 0 Å². The number of nitriles is 1. The predicted molar refractivity (Wildman–Crippen MR) is 99.6 cm³/mol. The molecule has 2 amide bonds. The van der Waals surface area contributed by atoms with Crippen molar-refractivity contribution in [2.75, 3.05) is 13.8 Å². The lowest BCUT2D eigenvalue weighted by atomic mass is 9.79. The Morgan fingerprint density at radius 3 is 2.67 bits per heavy atom. The summed E-state index contributed by atoms with van der Waals surface area (Å²) in [7, 11) is 4.49. The highest BCUT2D eigenvalue weighted by Crippen LogP contribution is 2.69. The third-order valence-electron chi connectivity index (χ3n) is 6.06. The molecule has 7 nitrogen and oxygen atoms in total. The van der Waals surface area contributed by atoms with E-state index in [9.17, 15) is 14.9 Å². The van der Waals surface area contributed by atoms with Gasteiger partial charge >= 0.3 is 0 Å². The number of nitrogens with zero attached hydrogens (tertiary/aromatic N) is 3. The highest BCUT2D eigenvalue weighted by molar-refractivity contribution is 8.78. The first-order valence-corrected chi connectivity index (χ1v) is 10.7. The number of hydrogen-bond donors (Lipinski definition) is 0. The Balaban J connectivity index is 1.71. The molecule has 1 aromatic carbocycles. The number of fused-ring (bicyclic) bond motifs is 3. The van der Waals surface area contributed by atoms with Gasteiger partial charge in [-0.15, -0.1) is 0 Å². The Kier molecular flexibility index (Phi) is 3.20. The van der Waals surface area contributed by atoms with Gasteiger partial charge < -0.3 is 19.3 Å². The maximum Gasteiger partial charge on any atom is 0.261 e. The normalized spacial score (nSPS) is 39.0. The number of ether oxygens (including phenoxy) is 2. The molecular weight excluding hydrogens is 386 g/mol. The number of benzene rings is 1. The summed E-state index contributed by atoms with van der Waals surface area (Å²) in [6, 6.07) is 7.35. The van der Waals surface area contributed by atoms with Crippen molar-refractivity contribution >= 4 is 33.4 Å². The van der Waals surface area contributed by atoms with Gasteiger partial charge in [-0.1, -0.05) is 27.7 Å². The summed E-state index contributed by atoms with van der Waals surface area (Å²) in [5.74, 6) is 0.998. The molecule has 5 aliphatic heterocycles. The molecule has 4 fully saturated rings. The molecule has 4 saturated heterocycles. The molecular formula is C18H17N3O4S2. The number of piperazine rings is 1. The van der Waals surface area contributed by atoms with E-state index in [4.69, 9.17) is 9.47 Å².